The molecule has 0 atom stereocenters. The Balaban J connectivity index is 1.82. The molecule has 2 amide bonds. The molecule has 0 aliphatic carbocycles. The van der Waals surface area contributed by atoms with E-state index in [0.29, 0.717) is 21.9 Å². The minimum absolute atomic E-state index is 0.254. The van der Waals surface area contributed by atoms with Crippen LogP contribution in [0, 0.1) is 18.3 Å². The number of ether oxygens (including phenoxy) is 1. The first-order valence-corrected chi connectivity index (χ1v) is 7.35. The van der Waals surface area contributed by atoms with Gasteiger partial charge in [0.1, 0.15) is 5.75 Å². The van der Waals surface area contributed by atoms with Gasteiger partial charge < -0.3 is 4.74 Å². The Bertz CT molecular complexity index is 798. The van der Waals surface area contributed by atoms with E-state index in [9.17, 15) is 9.59 Å². The molecule has 0 spiro atoms. The lowest BCUT2D eigenvalue weighted by Crippen LogP contribution is -2.43. The highest BCUT2D eigenvalue weighted by molar-refractivity contribution is 6.30. The number of halogens is 1. The summed E-state index contributed by atoms with van der Waals surface area (Å²) < 4.78 is 5.36. The number of rotatable bonds is 4. The molecule has 0 aliphatic heterocycles. The maximum absolute atomic E-state index is 11.9. The number of amides is 2. The summed E-state index contributed by atoms with van der Waals surface area (Å²) in [6.45, 7) is 1.56. The molecule has 0 heterocycles. The van der Waals surface area contributed by atoms with Gasteiger partial charge in [0.05, 0.1) is 11.6 Å². The molecular formula is C17H14ClN3O3. The van der Waals surface area contributed by atoms with Gasteiger partial charge in [0.15, 0.2) is 6.61 Å². The van der Waals surface area contributed by atoms with Crippen molar-refractivity contribution in [3.8, 4) is 11.8 Å². The van der Waals surface area contributed by atoms with Crippen LogP contribution in [-0.4, -0.2) is 18.4 Å². The molecule has 0 fully saturated rings. The van der Waals surface area contributed by atoms with Crippen LogP contribution in [0.2, 0.25) is 5.02 Å². The maximum Gasteiger partial charge on any atom is 0.276 e. The monoisotopic (exact) mass is 343 g/mol. The van der Waals surface area contributed by atoms with Gasteiger partial charge in [-0.15, -0.1) is 0 Å². The van der Waals surface area contributed by atoms with E-state index in [0.717, 1.165) is 5.56 Å². The van der Waals surface area contributed by atoms with Gasteiger partial charge in [-0.25, -0.2) is 0 Å². The van der Waals surface area contributed by atoms with Crippen LogP contribution in [0.25, 0.3) is 0 Å². The summed E-state index contributed by atoms with van der Waals surface area (Å²) in [5.74, 6) is -0.463. The average Bonchev–Trinajstić information content (AvgIpc) is 2.59. The summed E-state index contributed by atoms with van der Waals surface area (Å²) >= 11 is 5.84. The summed E-state index contributed by atoms with van der Waals surface area (Å²) in [7, 11) is 0. The third-order valence-electron chi connectivity index (χ3n) is 3.09. The first-order chi connectivity index (χ1) is 11.5. The lowest BCUT2D eigenvalue weighted by molar-refractivity contribution is -0.123. The zero-order chi connectivity index (χ0) is 17.5. The Morgan fingerprint density at radius 3 is 2.50 bits per heavy atom. The lowest BCUT2D eigenvalue weighted by Gasteiger charge is -2.10. The summed E-state index contributed by atoms with van der Waals surface area (Å²) in [5, 5.41) is 9.28. The predicted octanol–water partition coefficient (Wildman–Crippen LogP) is 2.36. The van der Waals surface area contributed by atoms with Gasteiger partial charge in [-0.1, -0.05) is 11.6 Å². The molecule has 24 heavy (non-hydrogen) atoms. The Kier molecular flexibility index (Phi) is 5.77. The fourth-order valence-electron chi connectivity index (χ4n) is 1.85. The molecule has 2 rings (SSSR count). The minimum Gasteiger partial charge on any atom is -0.483 e. The van der Waals surface area contributed by atoms with Gasteiger partial charge in [0.2, 0.25) is 0 Å². The zero-order valence-corrected chi connectivity index (χ0v) is 13.6. The largest absolute Gasteiger partial charge is 0.483 e. The Morgan fingerprint density at radius 2 is 1.88 bits per heavy atom. The number of hydrazine groups is 1. The van der Waals surface area contributed by atoms with Crippen molar-refractivity contribution in [1.29, 1.82) is 5.26 Å². The van der Waals surface area contributed by atoms with Crippen LogP contribution in [0.15, 0.2) is 42.5 Å². The van der Waals surface area contributed by atoms with Crippen molar-refractivity contribution in [3.63, 3.8) is 0 Å². The SMILES string of the molecule is Cc1cc(Cl)ccc1OCC(=O)NNC(=O)c1ccc(C#N)cc1. The predicted molar refractivity (Wildman–Crippen MR) is 88.4 cm³/mol. The number of carbonyl (C=O) groups excluding carboxylic acids is 2. The number of hydrogen-bond donors (Lipinski definition) is 2. The van der Waals surface area contributed by atoms with Crippen LogP contribution in [0.1, 0.15) is 21.5 Å². The molecule has 6 nitrogen and oxygen atoms in total. The van der Waals surface area contributed by atoms with E-state index < -0.39 is 11.8 Å². The average molecular weight is 344 g/mol. The van der Waals surface area contributed by atoms with E-state index in [2.05, 4.69) is 10.9 Å². The van der Waals surface area contributed by atoms with Gasteiger partial charge in [-0.2, -0.15) is 5.26 Å². The Morgan fingerprint density at radius 1 is 1.17 bits per heavy atom. The molecule has 0 saturated heterocycles. The molecular weight excluding hydrogens is 330 g/mol. The molecule has 0 saturated carbocycles. The van der Waals surface area contributed by atoms with E-state index >= 15 is 0 Å². The van der Waals surface area contributed by atoms with E-state index in [1.807, 2.05) is 13.0 Å². The van der Waals surface area contributed by atoms with Crippen LogP contribution in [0.4, 0.5) is 0 Å². The van der Waals surface area contributed by atoms with Crippen molar-refractivity contribution in [2.45, 2.75) is 6.92 Å². The van der Waals surface area contributed by atoms with Crippen molar-refractivity contribution >= 4 is 23.4 Å². The first kappa shape index (κ1) is 17.3. The topological polar surface area (TPSA) is 91.2 Å². The Labute approximate surface area is 144 Å². The highest BCUT2D eigenvalue weighted by Crippen LogP contribution is 2.21. The van der Waals surface area contributed by atoms with Crippen molar-refractivity contribution in [2.24, 2.45) is 0 Å². The van der Waals surface area contributed by atoms with Crippen molar-refractivity contribution in [3.05, 3.63) is 64.2 Å². The van der Waals surface area contributed by atoms with Crippen molar-refractivity contribution in [2.75, 3.05) is 6.61 Å². The van der Waals surface area contributed by atoms with Crippen LogP contribution in [0.5, 0.6) is 5.75 Å². The van der Waals surface area contributed by atoms with Crippen LogP contribution in [0.3, 0.4) is 0 Å². The molecule has 7 heteroatoms. The second kappa shape index (κ2) is 7.99. The molecule has 122 valence electrons. The zero-order valence-electron chi connectivity index (χ0n) is 12.8. The van der Waals surface area contributed by atoms with Gasteiger partial charge in [0, 0.05) is 10.6 Å². The molecule has 2 N–H and O–H groups in total. The quantitative estimate of drug-likeness (QED) is 0.834. The number of nitriles is 1. The van der Waals surface area contributed by atoms with Gasteiger partial charge in [-0.3, -0.25) is 20.4 Å². The summed E-state index contributed by atoms with van der Waals surface area (Å²) in [6, 6.07) is 13.0. The smallest absolute Gasteiger partial charge is 0.276 e. The normalized spacial score (nSPS) is 9.71. The third kappa shape index (κ3) is 4.73. The maximum atomic E-state index is 11.9. The standard InChI is InChI=1S/C17H14ClN3O3/c1-11-8-14(18)6-7-15(11)24-10-16(22)20-21-17(23)13-4-2-12(9-19)3-5-13/h2-8H,10H2,1H3,(H,20,22)(H,21,23). The highest BCUT2D eigenvalue weighted by Gasteiger charge is 2.09. The Hall–Kier alpha value is -3.04. The van der Waals surface area contributed by atoms with Gasteiger partial charge >= 0.3 is 0 Å². The third-order valence-corrected chi connectivity index (χ3v) is 3.32. The van der Waals surface area contributed by atoms with Crippen molar-refractivity contribution in [1.82, 2.24) is 10.9 Å². The van der Waals surface area contributed by atoms with Crippen molar-refractivity contribution < 1.29 is 14.3 Å². The van der Waals surface area contributed by atoms with E-state index in [-0.39, 0.29) is 6.61 Å². The van der Waals surface area contributed by atoms with E-state index in [1.165, 1.54) is 24.3 Å². The highest BCUT2D eigenvalue weighted by atomic mass is 35.5. The molecule has 2 aromatic rings. The van der Waals surface area contributed by atoms with Crippen LogP contribution >= 0.6 is 11.6 Å². The molecule has 0 aromatic heterocycles. The van der Waals surface area contributed by atoms with Gasteiger partial charge in [-0.05, 0) is 55.0 Å². The fraction of sp³-hybridized carbons (Fsp3) is 0.118. The number of aryl methyl sites for hydroxylation is 1. The lowest BCUT2D eigenvalue weighted by atomic mass is 10.1. The first-order valence-electron chi connectivity index (χ1n) is 6.98. The number of carbonyl (C=O) groups is 2. The second-order valence-electron chi connectivity index (χ2n) is 4.89. The molecule has 2 aromatic carbocycles. The van der Waals surface area contributed by atoms with Crippen LogP contribution < -0.4 is 15.6 Å². The fourth-order valence-corrected chi connectivity index (χ4v) is 2.08. The number of nitrogens with one attached hydrogen (secondary N) is 2. The summed E-state index contributed by atoms with van der Waals surface area (Å²) in [4.78, 5) is 23.6. The van der Waals surface area contributed by atoms with Gasteiger partial charge in [0.25, 0.3) is 11.8 Å². The number of hydrogen-bond acceptors (Lipinski definition) is 4. The minimum atomic E-state index is -0.508. The number of nitrogens with zero attached hydrogens (tertiary/aromatic N) is 1. The second-order valence-corrected chi connectivity index (χ2v) is 5.33. The molecule has 0 bridgehead atoms. The summed E-state index contributed by atoms with van der Waals surface area (Å²) in [6.07, 6.45) is 0. The van der Waals surface area contributed by atoms with Crippen LogP contribution in [-0.2, 0) is 4.79 Å². The molecule has 0 aliphatic rings. The molecule has 0 unspecified atom stereocenters. The van der Waals surface area contributed by atoms with E-state index in [1.54, 1.807) is 18.2 Å². The molecule has 0 radical (unpaired) electrons. The summed E-state index contributed by atoms with van der Waals surface area (Å²) in [5.41, 5.74) is 6.10. The van der Waals surface area contributed by atoms with E-state index in [4.69, 9.17) is 21.6 Å². The number of benzene rings is 2.